The van der Waals surface area contributed by atoms with Gasteiger partial charge in [-0.05, 0) is 24.5 Å². The number of hydrogen-bond donors (Lipinski definition) is 1. The Labute approximate surface area is 83.1 Å². The highest BCUT2D eigenvalue weighted by atomic mass is 79.9. The van der Waals surface area contributed by atoms with Crippen LogP contribution in [0.4, 0.5) is 0 Å². The molecule has 64 valence electrons. The van der Waals surface area contributed by atoms with Crippen LogP contribution in [0.25, 0.3) is 0 Å². The largest absolute Gasteiger partial charge is 0.478 e. The van der Waals surface area contributed by atoms with E-state index in [1.165, 1.54) is 11.8 Å². The van der Waals surface area contributed by atoms with Crippen LogP contribution in [0.3, 0.4) is 0 Å². The van der Waals surface area contributed by atoms with Gasteiger partial charge in [-0.15, -0.1) is 11.8 Å². The molecule has 0 aliphatic heterocycles. The highest BCUT2D eigenvalue weighted by Gasteiger charge is 2.04. The van der Waals surface area contributed by atoms with Crippen molar-refractivity contribution in [1.29, 1.82) is 0 Å². The highest BCUT2D eigenvalue weighted by Crippen LogP contribution is 2.22. The molecule has 0 bridgehead atoms. The summed E-state index contributed by atoms with van der Waals surface area (Å²) in [5, 5.41) is 8.70. The van der Waals surface area contributed by atoms with Crippen LogP contribution in [-0.4, -0.2) is 17.3 Å². The summed E-state index contributed by atoms with van der Waals surface area (Å²) in [6.45, 7) is 0. The normalized spacial score (nSPS) is 9.83. The van der Waals surface area contributed by atoms with Gasteiger partial charge in [0.05, 0.1) is 5.56 Å². The van der Waals surface area contributed by atoms with E-state index in [-0.39, 0.29) is 0 Å². The second-order valence-corrected chi connectivity index (χ2v) is 3.98. The number of hydrogen-bond acceptors (Lipinski definition) is 2. The second-order valence-electron chi connectivity index (χ2n) is 2.18. The minimum atomic E-state index is -0.897. The van der Waals surface area contributed by atoms with E-state index in [0.29, 0.717) is 5.56 Å². The predicted molar refractivity (Wildman–Crippen MR) is 52.9 cm³/mol. The lowest BCUT2D eigenvalue weighted by molar-refractivity contribution is 0.0696. The first-order valence-corrected chi connectivity index (χ1v) is 5.23. The van der Waals surface area contributed by atoms with Crippen LogP contribution >= 0.6 is 27.7 Å². The minimum Gasteiger partial charge on any atom is -0.478 e. The van der Waals surface area contributed by atoms with Crippen molar-refractivity contribution >= 4 is 33.7 Å². The van der Waals surface area contributed by atoms with Crippen LogP contribution in [0.2, 0.25) is 0 Å². The van der Waals surface area contributed by atoms with Crippen LogP contribution in [0.15, 0.2) is 27.6 Å². The third kappa shape index (κ3) is 2.25. The zero-order valence-corrected chi connectivity index (χ0v) is 8.78. The van der Waals surface area contributed by atoms with E-state index in [9.17, 15) is 4.79 Å². The molecule has 1 aromatic carbocycles. The molecule has 12 heavy (non-hydrogen) atoms. The van der Waals surface area contributed by atoms with Crippen molar-refractivity contribution in [2.75, 3.05) is 6.26 Å². The van der Waals surface area contributed by atoms with Crippen molar-refractivity contribution in [2.45, 2.75) is 4.90 Å². The smallest absolute Gasteiger partial charge is 0.335 e. The van der Waals surface area contributed by atoms with Crippen molar-refractivity contribution in [2.24, 2.45) is 0 Å². The lowest BCUT2D eigenvalue weighted by Crippen LogP contribution is -1.95. The van der Waals surface area contributed by atoms with Crippen molar-refractivity contribution in [3.8, 4) is 0 Å². The first-order valence-electron chi connectivity index (χ1n) is 3.21. The van der Waals surface area contributed by atoms with Crippen LogP contribution in [-0.2, 0) is 0 Å². The fraction of sp³-hybridized carbons (Fsp3) is 0.125. The Balaban J connectivity index is 3.15. The number of halogens is 1. The van der Waals surface area contributed by atoms with Crippen LogP contribution in [0.1, 0.15) is 10.4 Å². The maximum absolute atomic E-state index is 10.6. The summed E-state index contributed by atoms with van der Waals surface area (Å²) in [6, 6.07) is 5.12. The van der Waals surface area contributed by atoms with E-state index >= 15 is 0 Å². The molecule has 0 fully saturated rings. The molecule has 4 heteroatoms. The van der Waals surface area contributed by atoms with E-state index in [1.54, 1.807) is 12.1 Å². The molecule has 0 atom stereocenters. The SMILES string of the molecule is CSc1cc(Br)cc(C(=O)O)c1. The van der Waals surface area contributed by atoms with Gasteiger partial charge in [0, 0.05) is 9.37 Å². The molecule has 0 unspecified atom stereocenters. The average molecular weight is 247 g/mol. The van der Waals surface area contributed by atoms with Crippen molar-refractivity contribution in [1.82, 2.24) is 0 Å². The molecule has 0 saturated heterocycles. The second kappa shape index (κ2) is 3.96. The molecular formula is C8H7BrO2S. The molecule has 0 heterocycles. The van der Waals surface area contributed by atoms with E-state index < -0.39 is 5.97 Å². The fourth-order valence-corrected chi connectivity index (χ4v) is 1.94. The zero-order valence-electron chi connectivity index (χ0n) is 6.37. The number of carbonyl (C=O) groups is 1. The molecule has 0 aliphatic rings. The van der Waals surface area contributed by atoms with Crippen molar-refractivity contribution in [3.63, 3.8) is 0 Å². The van der Waals surface area contributed by atoms with Crippen LogP contribution in [0, 0.1) is 0 Å². The Morgan fingerprint density at radius 3 is 2.67 bits per heavy atom. The number of benzene rings is 1. The molecular weight excluding hydrogens is 240 g/mol. The number of aromatic carboxylic acids is 1. The summed E-state index contributed by atoms with van der Waals surface area (Å²) in [6.07, 6.45) is 1.91. The minimum absolute atomic E-state index is 0.314. The van der Waals surface area contributed by atoms with E-state index in [1.807, 2.05) is 12.3 Å². The molecule has 0 aromatic heterocycles. The third-order valence-corrected chi connectivity index (χ3v) is 2.52. The maximum atomic E-state index is 10.6. The van der Waals surface area contributed by atoms with Gasteiger partial charge in [0.15, 0.2) is 0 Å². The average Bonchev–Trinajstić information content (AvgIpc) is 2.03. The zero-order chi connectivity index (χ0) is 9.14. The van der Waals surface area contributed by atoms with Gasteiger partial charge in [-0.1, -0.05) is 15.9 Å². The van der Waals surface area contributed by atoms with Gasteiger partial charge < -0.3 is 5.11 Å². The molecule has 0 radical (unpaired) electrons. The van der Waals surface area contributed by atoms with Gasteiger partial charge in [0.2, 0.25) is 0 Å². The van der Waals surface area contributed by atoms with E-state index in [2.05, 4.69) is 15.9 Å². The first-order chi connectivity index (χ1) is 5.63. The Morgan fingerprint density at radius 1 is 1.50 bits per heavy atom. The fourth-order valence-electron chi connectivity index (χ4n) is 0.804. The van der Waals surface area contributed by atoms with Crippen LogP contribution < -0.4 is 0 Å². The van der Waals surface area contributed by atoms with Crippen molar-refractivity contribution in [3.05, 3.63) is 28.2 Å². The van der Waals surface area contributed by atoms with E-state index in [4.69, 9.17) is 5.11 Å². The molecule has 0 aliphatic carbocycles. The van der Waals surface area contributed by atoms with Gasteiger partial charge in [-0.2, -0.15) is 0 Å². The highest BCUT2D eigenvalue weighted by molar-refractivity contribution is 9.10. The van der Waals surface area contributed by atoms with Gasteiger partial charge >= 0.3 is 5.97 Å². The number of carboxylic acid groups (broad SMARTS) is 1. The monoisotopic (exact) mass is 246 g/mol. The Kier molecular flexibility index (Phi) is 3.17. The summed E-state index contributed by atoms with van der Waals surface area (Å²) in [5.74, 6) is -0.897. The van der Waals surface area contributed by atoms with Gasteiger partial charge in [0.25, 0.3) is 0 Å². The molecule has 1 rings (SSSR count). The standard InChI is InChI=1S/C8H7BrO2S/c1-12-7-3-5(8(10)11)2-6(9)4-7/h2-4H,1H3,(H,10,11). The topological polar surface area (TPSA) is 37.3 Å². The van der Waals surface area contributed by atoms with Gasteiger partial charge in [-0.25, -0.2) is 4.79 Å². The van der Waals surface area contributed by atoms with Gasteiger partial charge in [0.1, 0.15) is 0 Å². The Bertz CT molecular complexity index is 312. The number of thioether (sulfide) groups is 1. The molecule has 0 spiro atoms. The summed E-state index contributed by atoms with van der Waals surface area (Å²) in [7, 11) is 0. The van der Waals surface area contributed by atoms with Crippen LogP contribution in [0.5, 0.6) is 0 Å². The quantitative estimate of drug-likeness (QED) is 0.816. The molecule has 1 N–H and O–H groups in total. The molecule has 0 saturated carbocycles. The number of rotatable bonds is 2. The summed E-state index contributed by atoms with van der Waals surface area (Å²) < 4.78 is 0.798. The third-order valence-electron chi connectivity index (χ3n) is 1.35. The molecule has 0 amide bonds. The van der Waals surface area contributed by atoms with E-state index in [0.717, 1.165) is 9.37 Å². The number of carboxylic acids is 1. The van der Waals surface area contributed by atoms with Crippen molar-refractivity contribution < 1.29 is 9.90 Å². The summed E-state index contributed by atoms with van der Waals surface area (Å²) >= 11 is 4.77. The maximum Gasteiger partial charge on any atom is 0.335 e. The predicted octanol–water partition coefficient (Wildman–Crippen LogP) is 2.87. The molecule has 2 nitrogen and oxygen atoms in total. The summed E-state index contributed by atoms with van der Waals surface area (Å²) in [4.78, 5) is 11.5. The first kappa shape index (κ1) is 9.61. The molecule has 1 aromatic rings. The summed E-state index contributed by atoms with van der Waals surface area (Å²) in [5.41, 5.74) is 0.314. The Morgan fingerprint density at radius 2 is 2.17 bits per heavy atom. The Hall–Kier alpha value is -0.480. The lowest BCUT2D eigenvalue weighted by Gasteiger charge is -1.99. The lowest BCUT2D eigenvalue weighted by atomic mass is 10.2. The van der Waals surface area contributed by atoms with Gasteiger partial charge in [-0.3, -0.25) is 0 Å².